The van der Waals surface area contributed by atoms with E-state index in [1.165, 1.54) is 5.39 Å². The first-order chi connectivity index (χ1) is 12.1. The maximum atomic E-state index is 4.87. The van der Waals surface area contributed by atoms with Crippen LogP contribution in [-0.2, 0) is 7.05 Å². The number of aryl methyl sites for hydroxylation is 2. The minimum atomic E-state index is 0.893. The van der Waals surface area contributed by atoms with E-state index in [1.807, 2.05) is 24.1 Å². The van der Waals surface area contributed by atoms with Crippen LogP contribution < -0.4 is 5.32 Å². The van der Waals surface area contributed by atoms with Crippen molar-refractivity contribution in [2.45, 2.75) is 20.8 Å². The van der Waals surface area contributed by atoms with Gasteiger partial charge in [0.2, 0.25) is 0 Å². The number of hydrogen-bond acceptors (Lipinski definition) is 4. The zero-order valence-electron chi connectivity index (χ0n) is 15.6. The number of nitrogens with zero attached hydrogens (tertiary/aromatic N) is 4. The van der Waals surface area contributed by atoms with Crippen molar-refractivity contribution in [3.8, 4) is 11.1 Å². The Morgan fingerprint density at radius 3 is 2.48 bits per heavy atom. The van der Waals surface area contributed by atoms with Gasteiger partial charge in [-0.25, -0.2) is 4.98 Å². The molecule has 0 atom stereocenters. The molecule has 0 amide bonds. The maximum absolute atomic E-state index is 4.87. The molecule has 5 heteroatoms. The molecule has 0 fully saturated rings. The molecule has 0 unspecified atom stereocenters. The normalized spacial score (nSPS) is 11.4. The van der Waals surface area contributed by atoms with Crippen LogP contribution in [0.15, 0.2) is 36.7 Å². The molecule has 3 rings (SSSR count). The highest BCUT2D eigenvalue weighted by atomic mass is 15.2. The molecule has 2 heterocycles. The topological polar surface area (TPSA) is 46.0 Å². The van der Waals surface area contributed by atoms with Crippen molar-refractivity contribution in [3.05, 3.63) is 42.4 Å². The van der Waals surface area contributed by atoms with E-state index >= 15 is 0 Å². The predicted molar refractivity (Wildman–Crippen MR) is 105 cm³/mol. The number of fused-ring (bicyclic) bond motifs is 1. The standard InChI is InChI=1S/C20H27N5/c1-5-25(6-2)12-11-21-20-18-10-8-7-9-17(18)19(15(3)23-20)16-13-22-24(4)14-16/h7-10,13-14H,5-6,11-12H2,1-4H3,(H,21,23). The van der Waals surface area contributed by atoms with Crippen LogP contribution in [0.5, 0.6) is 0 Å². The van der Waals surface area contributed by atoms with Gasteiger partial charge < -0.3 is 10.2 Å². The number of rotatable bonds is 7. The Morgan fingerprint density at radius 2 is 1.84 bits per heavy atom. The van der Waals surface area contributed by atoms with Gasteiger partial charge in [0.15, 0.2) is 0 Å². The molecule has 1 N–H and O–H groups in total. The molecular weight excluding hydrogens is 310 g/mol. The summed E-state index contributed by atoms with van der Waals surface area (Å²) in [6.45, 7) is 10.5. The molecule has 132 valence electrons. The highest BCUT2D eigenvalue weighted by Gasteiger charge is 2.14. The van der Waals surface area contributed by atoms with Gasteiger partial charge in [0.25, 0.3) is 0 Å². The van der Waals surface area contributed by atoms with Gasteiger partial charge in [0, 0.05) is 48.5 Å². The number of hydrogen-bond donors (Lipinski definition) is 1. The molecule has 0 aliphatic heterocycles. The molecule has 25 heavy (non-hydrogen) atoms. The predicted octanol–water partition coefficient (Wildman–Crippen LogP) is 3.70. The van der Waals surface area contributed by atoms with Crippen LogP contribution in [0.4, 0.5) is 5.82 Å². The first-order valence-electron chi connectivity index (χ1n) is 8.98. The second-order valence-electron chi connectivity index (χ2n) is 6.32. The molecule has 1 aromatic carbocycles. The van der Waals surface area contributed by atoms with Crippen molar-refractivity contribution in [2.24, 2.45) is 7.05 Å². The Labute approximate surface area is 149 Å². The highest BCUT2D eigenvalue weighted by Crippen LogP contribution is 2.34. The smallest absolute Gasteiger partial charge is 0.134 e. The van der Waals surface area contributed by atoms with Crippen LogP contribution in [-0.4, -0.2) is 45.8 Å². The lowest BCUT2D eigenvalue weighted by Crippen LogP contribution is -2.28. The summed E-state index contributed by atoms with van der Waals surface area (Å²) in [6.07, 6.45) is 3.95. The SMILES string of the molecule is CCN(CC)CCNc1nc(C)c(-c2cnn(C)c2)c2ccccc12. The number of likely N-dealkylation sites (N-methyl/N-ethyl adjacent to an activating group) is 1. The van der Waals surface area contributed by atoms with Crippen LogP contribution in [0.25, 0.3) is 21.9 Å². The van der Waals surface area contributed by atoms with Gasteiger partial charge >= 0.3 is 0 Å². The fourth-order valence-electron chi connectivity index (χ4n) is 3.31. The summed E-state index contributed by atoms with van der Waals surface area (Å²) in [5, 5.41) is 10.2. The molecule has 0 saturated carbocycles. The summed E-state index contributed by atoms with van der Waals surface area (Å²) in [7, 11) is 1.94. The van der Waals surface area contributed by atoms with E-state index in [1.54, 1.807) is 0 Å². The van der Waals surface area contributed by atoms with Crippen LogP contribution in [0.2, 0.25) is 0 Å². The lowest BCUT2D eigenvalue weighted by atomic mass is 9.99. The highest BCUT2D eigenvalue weighted by molar-refractivity contribution is 6.02. The van der Waals surface area contributed by atoms with E-state index in [2.05, 4.69) is 60.4 Å². The van der Waals surface area contributed by atoms with Gasteiger partial charge in [-0.15, -0.1) is 0 Å². The van der Waals surface area contributed by atoms with Crippen LogP contribution in [0, 0.1) is 6.92 Å². The van der Waals surface area contributed by atoms with Gasteiger partial charge in [-0.2, -0.15) is 5.10 Å². The number of nitrogens with one attached hydrogen (secondary N) is 1. The molecule has 0 bridgehead atoms. The largest absolute Gasteiger partial charge is 0.368 e. The maximum Gasteiger partial charge on any atom is 0.134 e. The average molecular weight is 337 g/mol. The van der Waals surface area contributed by atoms with E-state index in [4.69, 9.17) is 4.98 Å². The summed E-state index contributed by atoms with van der Waals surface area (Å²) in [5.41, 5.74) is 3.30. The van der Waals surface area contributed by atoms with E-state index in [-0.39, 0.29) is 0 Å². The van der Waals surface area contributed by atoms with Gasteiger partial charge in [0.05, 0.1) is 6.20 Å². The second-order valence-corrected chi connectivity index (χ2v) is 6.32. The molecule has 0 spiro atoms. The Morgan fingerprint density at radius 1 is 1.12 bits per heavy atom. The molecular formula is C20H27N5. The zero-order valence-corrected chi connectivity index (χ0v) is 15.6. The molecule has 2 aromatic heterocycles. The Kier molecular flexibility index (Phi) is 5.34. The van der Waals surface area contributed by atoms with Crippen LogP contribution in [0.3, 0.4) is 0 Å². The first kappa shape index (κ1) is 17.4. The van der Waals surface area contributed by atoms with Crippen molar-refractivity contribution in [2.75, 3.05) is 31.5 Å². The Balaban J connectivity index is 1.96. The molecule has 0 radical (unpaired) electrons. The fraction of sp³-hybridized carbons (Fsp3) is 0.400. The third kappa shape index (κ3) is 3.66. The minimum Gasteiger partial charge on any atom is -0.368 e. The van der Waals surface area contributed by atoms with Gasteiger partial charge in [0.1, 0.15) is 5.82 Å². The molecule has 0 saturated heterocycles. The number of benzene rings is 1. The van der Waals surface area contributed by atoms with Crippen molar-refractivity contribution in [1.29, 1.82) is 0 Å². The monoisotopic (exact) mass is 337 g/mol. The average Bonchev–Trinajstić information content (AvgIpc) is 3.04. The van der Waals surface area contributed by atoms with E-state index in [0.29, 0.717) is 0 Å². The zero-order chi connectivity index (χ0) is 17.8. The summed E-state index contributed by atoms with van der Waals surface area (Å²) in [6, 6.07) is 8.46. The van der Waals surface area contributed by atoms with Crippen molar-refractivity contribution in [3.63, 3.8) is 0 Å². The quantitative estimate of drug-likeness (QED) is 0.714. The minimum absolute atomic E-state index is 0.893. The van der Waals surface area contributed by atoms with Crippen LogP contribution in [0.1, 0.15) is 19.5 Å². The van der Waals surface area contributed by atoms with Gasteiger partial charge in [-0.3, -0.25) is 4.68 Å². The summed E-state index contributed by atoms with van der Waals surface area (Å²) in [4.78, 5) is 7.28. The number of anilines is 1. The Bertz CT molecular complexity index is 848. The first-order valence-corrected chi connectivity index (χ1v) is 8.98. The van der Waals surface area contributed by atoms with Gasteiger partial charge in [-0.05, 0) is 25.4 Å². The number of aromatic nitrogens is 3. The van der Waals surface area contributed by atoms with Crippen molar-refractivity contribution >= 4 is 16.6 Å². The molecule has 0 aliphatic rings. The second kappa shape index (κ2) is 7.66. The van der Waals surface area contributed by atoms with Gasteiger partial charge in [-0.1, -0.05) is 38.1 Å². The molecule has 3 aromatic rings. The number of pyridine rings is 1. The molecule has 0 aliphatic carbocycles. The van der Waals surface area contributed by atoms with Crippen molar-refractivity contribution < 1.29 is 0 Å². The Hall–Kier alpha value is -2.40. The van der Waals surface area contributed by atoms with E-state index in [9.17, 15) is 0 Å². The third-order valence-electron chi connectivity index (χ3n) is 4.70. The summed E-state index contributed by atoms with van der Waals surface area (Å²) in [5.74, 6) is 0.966. The van der Waals surface area contributed by atoms with E-state index < -0.39 is 0 Å². The molecule has 5 nitrogen and oxygen atoms in total. The lowest BCUT2D eigenvalue weighted by molar-refractivity contribution is 0.316. The lowest BCUT2D eigenvalue weighted by Gasteiger charge is -2.19. The summed E-state index contributed by atoms with van der Waals surface area (Å²) >= 11 is 0. The fourth-order valence-corrected chi connectivity index (χ4v) is 3.31. The third-order valence-corrected chi connectivity index (χ3v) is 4.70. The van der Waals surface area contributed by atoms with Crippen molar-refractivity contribution in [1.82, 2.24) is 19.7 Å². The van der Waals surface area contributed by atoms with Crippen LogP contribution >= 0.6 is 0 Å². The summed E-state index contributed by atoms with van der Waals surface area (Å²) < 4.78 is 1.83. The van der Waals surface area contributed by atoms with E-state index in [0.717, 1.165) is 54.2 Å².